The van der Waals surface area contributed by atoms with E-state index in [2.05, 4.69) is 49.3 Å². The lowest BCUT2D eigenvalue weighted by Crippen LogP contribution is -2.27. The molecule has 0 aromatic rings. The van der Waals surface area contributed by atoms with Crippen LogP contribution in [0.3, 0.4) is 0 Å². The fourth-order valence-electron chi connectivity index (χ4n) is 2.65. The van der Waals surface area contributed by atoms with Crippen LogP contribution in [-0.2, 0) is 9.47 Å². The molecule has 0 atom stereocenters. The van der Waals surface area contributed by atoms with Gasteiger partial charge in [-0.15, -0.1) is 26.3 Å². The number of nitrogens with zero attached hydrogens (tertiary/aromatic N) is 2. The molecule has 0 N–H and O–H groups in total. The lowest BCUT2D eigenvalue weighted by Gasteiger charge is -2.21. The first-order valence-corrected chi connectivity index (χ1v) is 17.4. The summed E-state index contributed by atoms with van der Waals surface area (Å²) >= 11 is 18.0. The van der Waals surface area contributed by atoms with Crippen LogP contribution >= 0.6 is 71.5 Å². The highest BCUT2D eigenvalue weighted by molar-refractivity contribution is 8.23. The van der Waals surface area contributed by atoms with Crippen molar-refractivity contribution in [1.29, 1.82) is 0 Å². The van der Waals surface area contributed by atoms with E-state index >= 15 is 0 Å². The van der Waals surface area contributed by atoms with Gasteiger partial charge in [0.2, 0.25) is 0 Å². The first kappa shape index (κ1) is 37.5. The zero-order valence-electron chi connectivity index (χ0n) is 22.6. The number of thioether (sulfide) groups is 4. The van der Waals surface area contributed by atoms with Crippen molar-refractivity contribution in [2.75, 3.05) is 87.1 Å². The zero-order valence-corrected chi connectivity index (χ0v) is 27.5. The Labute approximate surface area is 259 Å². The molecule has 0 aliphatic heterocycles. The summed E-state index contributed by atoms with van der Waals surface area (Å²) in [5.74, 6) is 5.34. The Balaban J connectivity index is 3.64. The van der Waals surface area contributed by atoms with Crippen molar-refractivity contribution in [2.45, 2.75) is 0 Å². The van der Waals surface area contributed by atoms with Gasteiger partial charge in [0.25, 0.3) is 0 Å². The molecule has 0 aromatic heterocycles. The highest BCUT2D eigenvalue weighted by Crippen LogP contribution is 2.17. The van der Waals surface area contributed by atoms with Crippen molar-refractivity contribution in [1.82, 2.24) is 9.80 Å². The van der Waals surface area contributed by atoms with Gasteiger partial charge in [0.15, 0.2) is 0 Å². The summed E-state index contributed by atoms with van der Waals surface area (Å²) in [5.41, 5.74) is 2.35. The highest BCUT2D eigenvalue weighted by atomic mass is 32.2. The molecule has 0 heterocycles. The van der Waals surface area contributed by atoms with E-state index in [1.807, 2.05) is 47.8 Å². The molecule has 0 spiro atoms. The summed E-state index contributed by atoms with van der Waals surface area (Å²) in [4.78, 5) is 4.15. The molecule has 0 amide bonds. The standard InChI is InChI=1S/C28H44N2O2S6/c1-7-11-29(12-8-2)27(33)37-23-25(5)21-35-19-17-31-15-16-32-18-20-36-22-26(6)24-38-28(34)30(13-9-3)14-10-4/h7-10H,1-6,11-24H2. The quantitative estimate of drug-likeness (QED) is 0.0595. The Morgan fingerprint density at radius 3 is 1.24 bits per heavy atom. The van der Waals surface area contributed by atoms with Crippen LogP contribution in [0.4, 0.5) is 0 Å². The fourth-order valence-corrected chi connectivity index (χ4v) is 6.63. The molecule has 0 unspecified atom stereocenters. The first-order valence-electron chi connectivity index (χ1n) is 12.3. The Hall–Kier alpha value is -0.460. The van der Waals surface area contributed by atoms with Crippen LogP contribution in [-0.4, -0.2) is 106 Å². The van der Waals surface area contributed by atoms with E-state index in [1.54, 1.807) is 23.5 Å². The van der Waals surface area contributed by atoms with Crippen LogP contribution < -0.4 is 0 Å². The van der Waals surface area contributed by atoms with Crippen LogP contribution in [0.2, 0.25) is 0 Å². The van der Waals surface area contributed by atoms with Gasteiger partial charge in [-0.25, -0.2) is 0 Å². The molecule has 0 aliphatic rings. The highest BCUT2D eigenvalue weighted by Gasteiger charge is 2.09. The van der Waals surface area contributed by atoms with Crippen molar-refractivity contribution < 1.29 is 9.47 Å². The molecule has 4 nitrogen and oxygen atoms in total. The lowest BCUT2D eigenvalue weighted by molar-refractivity contribution is 0.0605. The van der Waals surface area contributed by atoms with Gasteiger partial charge in [-0.05, 0) is 0 Å². The van der Waals surface area contributed by atoms with Crippen molar-refractivity contribution in [3.63, 3.8) is 0 Å². The van der Waals surface area contributed by atoms with E-state index in [9.17, 15) is 0 Å². The van der Waals surface area contributed by atoms with Crippen LogP contribution in [0, 0.1) is 0 Å². The van der Waals surface area contributed by atoms with E-state index in [0.717, 1.165) is 69.3 Å². The molecule has 0 rings (SSSR count). The maximum Gasteiger partial charge on any atom is 0.137 e. The Morgan fingerprint density at radius 1 is 0.579 bits per heavy atom. The van der Waals surface area contributed by atoms with Crippen molar-refractivity contribution in [3.8, 4) is 0 Å². The summed E-state index contributed by atoms with van der Waals surface area (Å²) in [6.07, 6.45) is 7.42. The van der Waals surface area contributed by atoms with Crippen molar-refractivity contribution in [3.05, 3.63) is 74.9 Å². The third kappa shape index (κ3) is 21.4. The number of hydrogen-bond acceptors (Lipinski definition) is 8. The number of ether oxygens (including phenoxy) is 2. The predicted octanol–water partition coefficient (Wildman–Crippen LogP) is 6.98. The number of hydrogen-bond donors (Lipinski definition) is 0. The normalized spacial score (nSPS) is 10.4. The van der Waals surface area contributed by atoms with E-state index in [1.165, 1.54) is 11.1 Å². The number of thiocarbonyl (C=S) groups is 2. The summed E-state index contributed by atoms with van der Waals surface area (Å²) in [6, 6.07) is 0. The maximum absolute atomic E-state index is 5.67. The summed E-state index contributed by atoms with van der Waals surface area (Å²) in [5, 5.41) is 0. The topological polar surface area (TPSA) is 24.9 Å². The van der Waals surface area contributed by atoms with E-state index in [0.29, 0.717) is 26.4 Å². The van der Waals surface area contributed by atoms with Crippen LogP contribution in [0.25, 0.3) is 0 Å². The second kappa shape index (κ2) is 26.7. The van der Waals surface area contributed by atoms with Crippen molar-refractivity contribution >= 4 is 80.1 Å². The monoisotopic (exact) mass is 632 g/mol. The van der Waals surface area contributed by atoms with Gasteiger partial charge < -0.3 is 19.3 Å². The zero-order chi connectivity index (χ0) is 28.4. The Morgan fingerprint density at radius 2 is 0.921 bits per heavy atom. The Kier molecular flexibility index (Phi) is 26.4. The third-order valence-corrected chi connectivity index (χ3v) is 9.92. The molecule has 0 aliphatic carbocycles. The fraction of sp³-hybridized carbons (Fsp3) is 0.500. The van der Waals surface area contributed by atoms with E-state index in [4.69, 9.17) is 33.9 Å². The van der Waals surface area contributed by atoms with Crippen LogP contribution in [0.15, 0.2) is 74.9 Å². The third-order valence-electron chi connectivity index (χ3n) is 4.44. The van der Waals surface area contributed by atoms with Crippen LogP contribution in [0.5, 0.6) is 0 Å². The van der Waals surface area contributed by atoms with E-state index < -0.39 is 0 Å². The SMILES string of the molecule is C=CCN(CC=C)C(=S)SCC(=C)CSCCOCCOCCSCC(=C)CSC(=S)N(CC=C)CC=C. The molecule has 0 radical (unpaired) electrons. The van der Waals surface area contributed by atoms with E-state index in [-0.39, 0.29) is 0 Å². The molecule has 0 bridgehead atoms. The molecule has 0 fully saturated rings. The molecule has 0 aromatic carbocycles. The Bertz CT molecular complexity index is 678. The minimum atomic E-state index is 0.617. The summed E-state index contributed by atoms with van der Waals surface area (Å²) in [6.45, 7) is 29.1. The minimum absolute atomic E-state index is 0.617. The van der Waals surface area contributed by atoms with Gasteiger partial charge in [-0.3, -0.25) is 0 Å². The maximum atomic E-state index is 5.67. The molecule has 0 saturated carbocycles. The molecule has 0 saturated heterocycles. The largest absolute Gasteiger partial charge is 0.378 e. The van der Waals surface area contributed by atoms with Crippen LogP contribution in [0.1, 0.15) is 0 Å². The molecular formula is C28H44N2O2S6. The second-order valence-electron chi connectivity index (χ2n) is 7.90. The summed E-state index contributed by atoms with van der Waals surface area (Å²) in [7, 11) is 0. The summed E-state index contributed by atoms with van der Waals surface area (Å²) < 4.78 is 13.1. The van der Waals surface area contributed by atoms with Gasteiger partial charge in [0.05, 0.1) is 26.4 Å². The second-order valence-corrected chi connectivity index (χ2v) is 13.3. The van der Waals surface area contributed by atoms with Gasteiger partial charge in [0.1, 0.15) is 8.64 Å². The average Bonchev–Trinajstić information content (AvgIpc) is 2.90. The molecule has 10 heteroatoms. The van der Waals surface area contributed by atoms with Gasteiger partial charge in [-0.2, -0.15) is 23.5 Å². The molecular weight excluding hydrogens is 589 g/mol. The van der Waals surface area contributed by atoms with Crippen molar-refractivity contribution in [2.24, 2.45) is 0 Å². The lowest BCUT2D eigenvalue weighted by atomic mass is 10.4. The first-order chi connectivity index (χ1) is 18.4. The molecule has 214 valence electrons. The smallest absolute Gasteiger partial charge is 0.137 e. The molecule has 38 heavy (non-hydrogen) atoms. The van der Waals surface area contributed by atoms with Gasteiger partial charge >= 0.3 is 0 Å². The minimum Gasteiger partial charge on any atom is -0.378 e. The predicted molar refractivity (Wildman–Crippen MR) is 189 cm³/mol. The average molecular weight is 633 g/mol. The van der Waals surface area contributed by atoms with Gasteiger partial charge in [-0.1, -0.05) is 96.6 Å². The van der Waals surface area contributed by atoms with Gasteiger partial charge in [0, 0.05) is 60.7 Å². The number of rotatable bonds is 25.